The van der Waals surface area contributed by atoms with Gasteiger partial charge in [0.05, 0.1) is 11.4 Å². The van der Waals surface area contributed by atoms with Crippen molar-refractivity contribution < 1.29 is 44.1 Å². The summed E-state index contributed by atoms with van der Waals surface area (Å²) >= 11 is 0. The number of phenols is 4. The average molecular weight is 530 g/mol. The van der Waals surface area contributed by atoms with Gasteiger partial charge in [0.15, 0.2) is 11.5 Å². The molecule has 198 valence electrons. The van der Waals surface area contributed by atoms with E-state index in [0.29, 0.717) is 22.5 Å². The highest BCUT2D eigenvalue weighted by atomic mass is 16.5. The third-order valence-electron chi connectivity index (χ3n) is 4.84. The lowest BCUT2D eigenvalue weighted by atomic mass is 10.2. The number of benzene rings is 3. The van der Waals surface area contributed by atoms with Gasteiger partial charge in [-0.05, 0) is 24.3 Å². The van der Waals surface area contributed by atoms with Gasteiger partial charge in [-0.1, -0.05) is 0 Å². The summed E-state index contributed by atoms with van der Waals surface area (Å²) in [5.41, 5.74) is 1.26. The van der Waals surface area contributed by atoms with Crippen molar-refractivity contribution in [2.45, 2.75) is 0 Å². The zero-order chi connectivity index (χ0) is 27.5. The summed E-state index contributed by atoms with van der Waals surface area (Å²) in [7, 11) is 0. The summed E-state index contributed by atoms with van der Waals surface area (Å²) in [5, 5.41) is 39.4. The van der Waals surface area contributed by atoms with Crippen LogP contribution in [0.1, 0.15) is 11.1 Å². The van der Waals surface area contributed by atoms with E-state index < -0.39 is 0 Å². The summed E-state index contributed by atoms with van der Waals surface area (Å²) in [6, 6.07) is 11.2. The van der Waals surface area contributed by atoms with Crippen molar-refractivity contribution in [2.24, 2.45) is 9.98 Å². The Balaban J connectivity index is 1.76. The molecule has 0 saturated carbocycles. The summed E-state index contributed by atoms with van der Waals surface area (Å²) < 4.78 is 26.6. The highest BCUT2D eigenvalue weighted by molar-refractivity contribution is 5.90. The number of aromatic hydroxyl groups is 4. The van der Waals surface area contributed by atoms with Gasteiger partial charge in [0.1, 0.15) is 73.1 Å². The van der Waals surface area contributed by atoms with Crippen molar-refractivity contribution in [3.8, 4) is 34.5 Å². The van der Waals surface area contributed by atoms with Crippen molar-refractivity contribution in [3.63, 3.8) is 0 Å². The maximum atomic E-state index is 10.1. The number of phenolic OH excluding ortho intramolecular Hbond substituents is 4. The van der Waals surface area contributed by atoms with E-state index in [0.717, 1.165) is 0 Å². The molecule has 0 fully saturated rings. The number of rotatable bonds is 4. The maximum absolute atomic E-state index is 10.1. The van der Waals surface area contributed by atoms with Crippen molar-refractivity contribution in [1.82, 2.24) is 0 Å². The highest BCUT2D eigenvalue weighted by Gasteiger charge is 2.12. The first-order chi connectivity index (χ1) is 19.0. The second-order valence-electron chi connectivity index (χ2n) is 7.52. The number of ether oxygens (including phenoxy) is 5. The molecule has 0 aliphatic carbocycles. The molecule has 0 aromatic heterocycles. The molecule has 0 unspecified atom stereocenters. The van der Waals surface area contributed by atoms with Crippen LogP contribution in [0.4, 0.5) is 11.4 Å². The minimum atomic E-state index is -0.178. The molecule has 1 aliphatic rings. The summed E-state index contributed by atoms with van der Waals surface area (Å²) in [6.07, 6.45) is 12.9. The topological polar surface area (TPSA) is 152 Å². The second kappa shape index (κ2) is 12.9. The predicted molar refractivity (Wildman–Crippen MR) is 142 cm³/mol. The van der Waals surface area contributed by atoms with Gasteiger partial charge in [0.2, 0.25) is 0 Å². The Kier molecular flexibility index (Phi) is 8.69. The molecule has 11 nitrogen and oxygen atoms in total. The van der Waals surface area contributed by atoms with Crippen molar-refractivity contribution in [1.29, 1.82) is 0 Å². The molecule has 11 heteroatoms. The lowest BCUT2D eigenvalue weighted by Gasteiger charge is -2.11. The van der Waals surface area contributed by atoms with Crippen LogP contribution >= 0.6 is 0 Å². The average Bonchev–Trinajstić information content (AvgIpc) is 2.92. The molecule has 3 aromatic rings. The molecule has 1 aliphatic heterocycles. The molecule has 0 amide bonds. The van der Waals surface area contributed by atoms with E-state index in [2.05, 4.69) is 9.98 Å². The van der Waals surface area contributed by atoms with Crippen molar-refractivity contribution in [3.05, 3.63) is 110 Å². The van der Waals surface area contributed by atoms with E-state index in [1.54, 1.807) is 0 Å². The molecule has 4 rings (SSSR count). The summed E-state index contributed by atoms with van der Waals surface area (Å²) in [6.45, 7) is 0. The quantitative estimate of drug-likeness (QED) is 0.311. The van der Waals surface area contributed by atoms with Crippen LogP contribution in [0.2, 0.25) is 0 Å². The number of hydrogen-bond acceptors (Lipinski definition) is 11. The van der Waals surface area contributed by atoms with E-state index in [1.807, 2.05) is 0 Å². The van der Waals surface area contributed by atoms with Crippen molar-refractivity contribution >= 4 is 23.8 Å². The largest absolute Gasteiger partial charge is 0.508 e. The smallest absolute Gasteiger partial charge is 0.171 e. The lowest BCUT2D eigenvalue weighted by molar-refractivity contribution is 0.316. The SMILES string of the molecule is Oc1ccc(C=Nc2cc3c(cc2N=Cc2ccc(O)cc2O)O/C=C\O/C=C\O/C=C\O/C=C\O3)c(O)c1. The van der Waals surface area contributed by atoms with Gasteiger partial charge in [0, 0.05) is 47.8 Å². The predicted octanol–water partition coefficient (Wildman–Crippen LogP) is 5.72. The van der Waals surface area contributed by atoms with Gasteiger partial charge in [-0.25, -0.2) is 0 Å². The van der Waals surface area contributed by atoms with E-state index in [9.17, 15) is 20.4 Å². The highest BCUT2D eigenvalue weighted by Crippen LogP contribution is 2.41. The van der Waals surface area contributed by atoms with Crippen LogP contribution in [-0.4, -0.2) is 32.9 Å². The Morgan fingerprint density at radius 3 is 1.26 bits per heavy atom. The summed E-state index contributed by atoms with van der Waals surface area (Å²) in [5.74, 6) is -0.110. The molecule has 0 bridgehead atoms. The first-order valence-electron chi connectivity index (χ1n) is 11.2. The van der Waals surface area contributed by atoms with Gasteiger partial charge in [-0.2, -0.15) is 0 Å². The fraction of sp³-hybridized carbons (Fsp3) is 0. The minimum Gasteiger partial charge on any atom is -0.508 e. The number of aliphatic imine (C=N–C) groups is 2. The lowest BCUT2D eigenvalue weighted by Crippen LogP contribution is -1.91. The normalized spacial score (nSPS) is 16.7. The zero-order valence-corrected chi connectivity index (χ0v) is 20.1. The molecular formula is C28H22N2O9. The van der Waals surface area contributed by atoms with E-state index >= 15 is 0 Å². The van der Waals surface area contributed by atoms with E-state index in [4.69, 9.17) is 23.7 Å². The van der Waals surface area contributed by atoms with E-state index in [-0.39, 0.29) is 34.5 Å². The Bertz CT molecular complexity index is 1380. The molecule has 39 heavy (non-hydrogen) atoms. The third kappa shape index (κ3) is 7.57. The van der Waals surface area contributed by atoms with Crippen LogP contribution in [0.5, 0.6) is 34.5 Å². The Hall–Kier alpha value is -5.84. The molecule has 4 N–H and O–H groups in total. The van der Waals surface area contributed by atoms with Crippen molar-refractivity contribution in [2.75, 3.05) is 0 Å². The minimum absolute atomic E-state index is 0.0980. The zero-order valence-electron chi connectivity index (χ0n) is 20.1. The standard InChI is InChI=1S/C28H22N2O9/c31-21-3-1-19(25(33)13-21)17-29-23-15-27-28(16-24(23)30-18-20-2-4-22(32)14-26(20)34)39-12-10-37-8-6-35-5-7-36-9-11-38-27/h1-18,31-34H/b7-5-,8-6-,11-9-,12-10-,29-17?,30-18?. The molecule has 0 saturated heterocycles. The number of nitrogens with zero attached hydrogens (tertiary/aromatic N) is 2. The first kappa shape index (κ1) is 26.2. The fourth-order valence-corrected chi connectivity index (χ4v) is 3.02. The molecule has 3 aromatic carbocycles. The van der Waals surface area contributed by atoms with Gasteiger partial charge >= 0.3 is 0 Å². The van der Waals surface area contributed by atoms with Crippen LogP contribution in [0.3, 0.4) is 0 Å². The fourth-order valence-electron chi connectivity index (χ4n) is 3.02. The number of fused-ring (bicyclic) bond motifs is 1. The molecule has 1 heterocycles. The number of hydrogen-bond donors (Lipinski definition) is 4. The summed E-state index contributed by atoms with van der Waals surface area (Å²) in [4.78, 5) is 8.88. The molecule has 0 spiro atoms. The Morgan fingerprint density at radius 2 is 0.872 bits per heavy atom. The second-order valence-corrected chi connectivity index (χ2v) is 7.52. The molecule has 0 atom stereocenters. The van der Waals surface area contributed by atoms with Gasteiger partial charge < -0.3 is 44.1 Å². The van der Waals surface area contributed by atoms with Gasteiger partial charge in [-0.3, -0.25) is 9.98 Å². The van der Waals surface area contributed by atoms with Crippen LogP contribution in [0.25, 0.3) is 0 Å². The Labute approximate surface area is 222 Å². The van der Waals surface area contributed by atoms with Crippen LogP contribution in [0.15, 0.2) is 109 Å². The maximum Gasteiger partial charge on any atom is 0.171 e. The van der Waals surface area contributed by atoms with Gasteiger partial charge in [-0.15, -0.1) is 0 Å². The van der Waals surface area contributed by atoms with Crippen LogP contribution in [0, 0.1) is 0 Å². The molecule has 0 radical (unpaired) electrons. The first-order valence-corrected chi connectivity index (χ1v) is 11.2. The van der Waals surface area contributed by atoms with Gasteiger partial charge in [0.25, 0.3) is 0 Å². The Morgan fingerprint density at radius 1 is 0.487 bits per heavy atom. The van der Waals surface area contributed by atoms with E-state index in [1.165, 1.54) is 111 Å². The molecular weight excluding hydrogens is 508 g/mol. The third-order valence-corrected chi connectivity index (χ3v) is 4.84. The van der Waals surface area contributed by atoms with Crippen LogP contribution < -0.4 is 9.47 Å². The monoisotopic (exact) mass is 530 g/mol. The van der Waals surface area contributed by atoms with Crippen LogP contribution in [-0.2, 0) is 14.2 Å².